The van der Waals surface area contributed by atoms with Crippen LogP contribution < -0.4 is 19.5 Å². The number of fused-ring (bicyclic) bond motifs is 1. The van der Waals surface area contributed by atoms with Gasteiger partial charge in [0.1, 0.15) is 29.9 Å². The molecule has 3 N–H and O–H groups in total. The number of sulfone groups is 1. The number of aromatic nitrogens is 1. The number of halogens is 4. The Labute approximate surface area is 237 Å². The molecule has 41 heavy (non-hydrogen) atoms. The molecule has 1 aromatic heterocycles. The minimum absolute atomic E-state index is 0.0133. The summed E-state index contributed by atoms with van der Waals surface area (Å²) < 4.78 is 78.2. The van der Waals surface area contributed by atoms with E-state index in [1.54, 1.807) is 0 Å². The Balaban J connectivity index is 1.87. The molecule has 4 aromatic rings. The third kappa shape index (κ3) is 7.23. The van der Waals surface area contributed by atoms with Crippen molar-refractivity contribution >= 4 is 43.8 Å². The molecule has 0 radical (unpaired) electrons. The van der Waals surface area contributed by atoms with Gasteiger partial charge in [0.15, 0.2) is 15.6 Å². The van der Waals surface area contributed by atoms with Crippen LogP contribution in [0, 0.1) is 0 Å². The zero-order valence-corrected chi connectivity index (χ0v) is 23.2. The molecule has 4 rings (SSSR count). The molecular weight excluding hydrogens is 589 g/mol. The van der Waals surface area contributed by atoms with Gasteiger partial charge in [0.25, 0.3) is 0 Å². The van der Waals surface area contributed by atoms with Gasteiger partial charge in [0.05, 0.1) is 18.6 Å². The van der Waals surface area contributed by atoms with Crippen LogP contribution in [0.2, 0.25) is 5.02 Å². The molecule has 0 aliphatic heterocycles. The van der Waals surface area contributed by atoms with Gasteiger partial charge in [-0.15, -0.1) is 13.2 Å². The van der Waals surface area contributed by atoms with E-state index in [-0.39, 0.29) is 56.8 Å². The van der Waals surface area contributed by atoms with E-state index in [9.17, 15) is 31.5 Å². The van der Waals surface area contributed by atoms with Crippen LogP contribution in [-0.2, 0) is 9.84 Å². The summed E-state index contributed by atoms with van der Waals surface area (Å²) in [5.74, 6) is -0.799. The van der Waals surface area contributed by atoms with Gasteiger partial charge in [0.2, 0.25) is 0 Å². The van der Waals surface area contributed by atoms with E-state index in [4.69, 9.17) is 21.1 Å². The number of H-pyrrole nitrogens is 1. The largest absolute Gasteiger partial charge is 0.573 e. The van der Waals surface area contributed by atoms with Gasteiger partial charge >= 0.3 is 6.36 Å². The molecule has 0 saturated carbocycles. The Morgan fingerprint density at radius 3 is 2.51 bits per heavy atom. The third-order valence-electron chi connectivity index (χ3n) is 5.90. The van der Waals surface area contributed by atoms with Gasteiger partial charge < -0.3 is 29.6 Å². The Bertz CT molecular complexity index is 1690. The molecule has 0 saturated heterocycles. The third-order valence-corrected chi connectivity index (χ3v) is 7.23. The minimum Gasteiger partial charge on any atom is -0.497 e. The van der Waals surface area contributed by atoms with Crippen LogP contribution in [-0.4, -0.2) is 57.2 Å². The molecule has 0 fully saturated rings. The monoisotopic (exact) mass is 612 g/mol. The second kappa shape index (κ2) is 11.9. The molecule has 0 bridgehead atoms. The number of hydrogen-bond donors (Lipinski definition) is 3. The summed E-state index contributed by atoms with van der Waals surface area (Å²) in [7, 11) is -2.33. The number of methoxy groups -OCH3 is 1. The van der Waals surface area contributed by atoms with E-state index in [1.807, 2.05) is 0 Å². The molecule has 0 amide bonds. The van der Waals surface area contributed by atoms with Crippen molar-refractivity contribution in [3.05, 3.63) is 76.9 Å². The second-order valence-electron chi connectivity index (χ2n) is 8.82. The van der Waals surface area contributed by atoms with Crippen molar-refractivity contribution in [3.8, 4) is 17.2 Å². The highest BCUT2D eigenvalue weighted by atomic mass is 35.5. The standard InChI is InChI=1S/C27H24ClF3N2O7S/c1-38-18-10-16(11-19(12-18)41(2,36)37)33-25(20-5-3-15(28)9-24(20)39-8-7-34)26(35)22-14-32-23-6-4-17(13-21(22)23)40-27(29,30)31/h3-6,9-14,25,32-34H,7-8H2,1-2H3. The molecule has 1 heterocycles. The summed E-state index contributed by atoms with van der Waals surface area (Å²) in [5, 5.41) is 12.7. The van der Waals surface area contributed by atoms with E-state index in [0.717, 1.165) is 18.4 Å². The van der Waals surface area contributed by atoms with Crippen molar-refractivity contribution < 1.29 is 45.7 Å². The quantitative estimate of drug-likeness (QED) is 0.189. The van der Waals surface area contributed by atoms with E-state index in [0.29, 0.717) is 5.52 Å². The predicted octanol–water partition coefficient (Wildman–Crippen LogP) is 5.54. The topological polar surface area (TPSA) is 127 Å². The van der Waals surface area contributed by atoms with Crippen LogP contribution in [0.5, 0.6) is 17.2 Å². The molecule has 0 aliphatic carbocycles. The summed E-state index contributed by atoms with van der Waals surface area (Å²) >= 11 is 6.16. The number of carbonyl (C=O) groups is 1. The number of aliphatic hydroxyl groups excluding tert-OH is 1. The average molecular weight is 613 g/mol. The fraction of sp³-hybridized carbons (Fsp3) is 0.222. The van der Waals surface area contributed by atoms with Gasteiger partial charge in [0, 0.05) is 51.3 Å². The number of Topliss-reactive ketones (excluding diaryl/α,β-unsaturated/α-hetero) is 1. The number of anilines is 1. The normalized spacial score (nSPS) is 12.7. The first-order chi connectivity index (χ1) is 19.3. The van der Waals surface area contributed by atoms with Crippen molar-refractivity contribution in [2.75, 3.05) is 31.9 Å². The highest BCUT2D eigenvalue weighted by Crippen LogP contribution is 2.37. The summed E-state index contributed by atoms with van der Waals surface area (Å²) in [6.45, 7) is -0.465. The number of nitrogens with one attached hydrogen (secondary N) is 2. The zero-order valence-electron chi connectivity index (χ0n) is 21.6. The van der Waals surface area contributed by atoms with Gasteiger partial charge in [-0.25, -0.2) is 8.42 Å². The van der Waals surface area contributed by atoms with Crippen molar-refractivity contribution in [2.45, 2.75) is 17.3 Å². The Hall–Kier alpha value is -3.94. The maximum Gasteiger partial charge on any atom is 0.573 e. The maximum atomic E-state index is 14.1. The van der Waals surface area contributed by atoms with Crippen molar-refractivity contribution in [3.63, 3.8) is 0 Å². The van der Waals surface area contributed by atoms with Crippen LogP contribution in [0.3, 0.4) is 0 Å². The van der Waals surface area contributed by atoms with E-state index < -0.39 is 33.8 Å². The second-order valence-corrected chi connectivity index (χ2v) is 11.3. The molecular formula is C27H24ClF3N2O7S. The Kier molecular flexibility index (Phi) is 8.71. The summed E-state index contributed by atoms with van der Waals surface area (Å²) in [4.78, 5) is 16.9. The highest BCUT2D eigenvalue weighted by molar-refractivity contribution is 7.90. The fourth-order valence-corrected chi connectivity index (χ4v) is 4.96. The number of aliphatic hydroxyl groups is 1. The molecule has 1 atom stereocenters. The van der Waals surface area contributed by atoms with Crippen LogP contribution in [0.25, 0.3) is 10.9 Å². The number of aromatic amines is 1. The van der Waals surface area contributed by atoms with Gasteiger partial charge in [-0.1, -0.05) is 17.7 Å². The molecule has 1 unspecified atom stereocenters. The first kappa shape index (κ1) is 30.0. The number of carbonyl (C=O) groups excluding carboxylic acids is 1. The van der Waals surface area contributed by atoms with Gasteiger partial charge in [-0.05, 0) is 42.5 Å². The number of ether oxygens (including phenoxy) is 3. The fourth-order valence-electron chi connectivity index (χ4n) is 4.12. The lowest BCUT2D eigenvalue weighted by Crippen LogP contribution is -2.22. The van der Waals surface area contributed by atoms with Crippen molar-refractivity contribution in [2.24, 2.45) is 0 Å². The molecule has 14 heteroatoms. The lowest BCUT2D eigenvalue weighted by Gasteiger charge is -2.23. The molecule has 3 aromatic carbocycles. The first-order valence-corrected chi connectivity index (χ1v) is 14.2. The summed E-state index contributed by atoms with van der Waals surface area (Å²) in [5.41, 5.74) is 0.829. The molecule has 0 aliphatic rings. The van der Waals surface area contributed by atoms with Crippen molar-refractivity contribution in [1.29, 1.82) is 0 Å². The zero-order chi connectivity index (χ0) is 29.9. The summed E-state index contributed by atoms with van der Waals surface area (Å²) in [6, 6.07) is 10.8. The SMILES string of the molecule is COc1cc(NC(C(=O)c2c[nH]c3ccc(OC(F)(F)F)cc23)c2ccc(Cl)cc2OCCO)cc(S(C)(=O)=O)c1. The van der Waals surface area contributed by atoms with Crippen LogP contribution in [0.15, 0.2) is 65.7 Å². The lowest BCUT2D eigenvalue weighted by molar-refractivity contribution is -0.274. The van der Waals surface area contributed by atoms with E-state index in [1.165, 1.54) is 55.8 Å². The molecule has 218 valence electrons. The number of rotatable bonds is 11. The van der Waals surface area contributed by atoms with Crippen molar-refractivity contribution in [1.82, 2.24) is 4.98 Å². The predicted molar refractivity (Wildman–Crippen MR) is 146 cm³/mol. The maximum absolute atomic E-state index is 14.1. The lowest BCUT2D eigenvalue weighted by atomic mass is 9.95. The first-order valence-electron chi connectivity index (χ1n) is 11.9. The van der Waals surface area contributed by atoms with Gasteiger partial charge in [-0.3, -0.25) is 4.79 Å². The number of ketones is 1. The van der Waals surface area contributed by atoms with Gasteiger partial charge in [-0.2, -0.15) is 0 Å². The van der Waals surface area contributed by atoms with Crippen LogP contribution in [0.1, 0.15) is 22.0 Å². The number of alkyl halides is 3. The minimum atomic E-state index is -4.94. The molecule has 0 spiro atoms. The summed E-state index contributed by atoms with van der Waals surface area (Å²) in [6.07, 6.45) is -2.58. The average Bonchev–Trinajstić information content (AvgIpc) is 3.32. The number of hydrogen-bond acceptors (Lipinski definition) is 8. The van der Waals surface area contributed by atoms with E-state index in [2.05, 4.69) is 15.0 Å². The van der Waals surface area contributed by atoms with E-state index >= 15 is 0 Å². The Morgan fingerprint density at radius 2 is 1.85 bits per heavy atom. The number of benzene rings is 3. The highest BCUT2D eigenvalue weighted by Gasteiger charge is 2.32. The Morgan fingerprint density at radius 1 is 1.10 bits per heavy atom. The van der Waals surface area contributed by atoms with Crippen LogP contribution >= 0.6 is 11.6 Å². The smallest absolute Gasteiger partial charge is 0.497 e. The molecule has 9 nitrogen and oxygen atoms in total. The van der Waals surface area contributed by atoms with Crippen LogP contribution in [0.4, 0.5) is 18.9 Å².